The molecule has 41 heavy (non-hydrogen) atoms. The Morgan fingerprint density at radius 1 is 0.927 bits per heavy atom. The number of carbonyl (C=O) groups excluding carboxylic acids is 3. The van der Waals surface area contributed by atoms with Gasteiger partial charge in [-0.2, -0.15) is 0 Å². The number of para-hydroxylation sites is 1. The monoisotopic (exact) mass is 682 g/mol. The molecule has 0 saturated carbocycles. The third kappa shape index (κ3) is 5.82. The number of Topliss-reactive ketones (excluding diaryl/α,β-unsaturated/α-hetero) is 2. The van der Waals surface area contributed by atoms with Crippen molar-refractivity contribution in [3.8, 4) is 5.75 Å². The zero-order chi connectivity index (χ0) is 29.9. The van der Waals surface area contributed by atoms with Crippen LogP contribution in [-0.4, -0.2) is 36.0 Å². The summed E-state index contributed by atoms with van der Waals surface area (Å²) in [5.41, 5.74) is 5.72. The fourth-order valence-electron chi connectivity index (χ4n) is 6.42. The van der Waals surface area contributed by atoms with Crippen molar-refractivity contribution in [2.24, 2.45) is 10.8 Å². The van der Waals surface area contributed by atoms with E-state index in [2.05, 4.69) is 69.8 Å². The molecule has 0 saturated heterocycles. The van der Waals surface area contributed by atoms with E-state index in [0.717, 1.165) is 52.2 Å². The normalized spacial score (nSPS) is 20.1. The van der Waals surface area contributed by atoms with Crippen molar-refractivity contribution < 1.29 is 19.1 Å². The van der Waals surface area contributed by atoms with Crippen molar-refractivity contribution in [1.82, 2.24) is 4.90 Å². The predicted octanol–water partition coefficient (Wildman–Crippen LogP) is 7.85. The number of amides is 1. The molecule has 5 rings (SSSR count). The number of halogens is 2. The number of carbonyl (C=O) groups is 3. The number of hydrogen-bond donors (Lipinski definition) is 1. The summed E-state index contributed by atoms with van der Waals surface area (Å²) >= 11 is 7.30. The van der Waals surface area contributed by atoms with Crippen LogP contribution in [0.1, 0.15) is 70.4 Å². The van der Waals surface area contributed by atoms with Crippen molar-refractivity contribution in [1.29, 1.82) is 0 Å². The quantitative estimate of drug-likeness (QED) is 0.347. The van der Waals surface area contributed by atoms with Gasteiger partial charge < -0.3 is 15.0 Å². The summed E-state index contributed by atoms with van der Waals surface area (Å²) in [6.45, 7) is 10.3. The first kappa shape index (κ1) is 29.8. The first-order valence-corrected chi connectivity index (χ1v) is 15.5. The molecule has 3 aliphatic rings. The van der Waals surface area contributed by atoms with Crippen LogP contribution in [0.3, 0.4) is 0 Å². The number of rotatable bonds is 5. The summed E-state index contributed by atoms with van der Waals surface area (Å²) in [4.78, 5) is 42.3. The molecule has 1 amide bonds. The first-order valence-electron chi connectivity index (χ1n) is 13.9. The lowest BCUT2D eigenvalue weighted by molar-refractivity contribution is -0.120. The number of aryl methyl sites for hydroxylation is 1. The zero-order valence-electron chi connectivity index (χ0n) is 24.4. The van der Waals surface area contributed by atoms with Crippen LogP contribution < -0.4 is 10.1 Å². The minimum Gasteiger partial charge on any atom is -0.481 e. The van der Waals surface area contributed by atoms with E-state index in [9.17, 15) is 14.4 Å². The number of nitrogens with zero attached hydrogens (tertiary/aromatic N) is 1. The molecule has 2 aliphatic carbocycles. The van der Waals surface area contributed by atoms with E-state index < -0.39 is 5.92 Å². The molecule has 8 heteroatoms. The van der Waals surface area contributed by atoms with Crippen LogP contribution in [0.4, 0.5) is 5.69 Å². The lowest BCUT2D eigenvalue weighted by Crippen LogP contribution is -2.43. The lowest BCUT2D eigenvalue weighted by Gasteiger charge is -2.48. The minimum absolute atomic E-state index is 0.0951. The van der Waals surface area contributed by atoms with Gasteiger partial charge in [0.25, 0.3) is 5.91 Å². The van der Waals surface area contributed by atoms with Gasteiger partial charge in [0.2, 0.25) is 0 Å². The van der Waals surface area contributed by atoms with E-state index in [1.54, 1.807) is 0 Å². The van der Waals surface area contributed by atoms with Crippen LogP contribution in [0.5, 0.6) is 5.75 Å². The highest BCUT2D eigenvalue weighted by molar-refractivity contribution is 9.11. The molecular formula is C33H36Br2N2O4. The standard InChI is InChI=1S/C33H36Br2N2O4/c1-18-9-7-8-10-22(18)36-27(40)17-41-31-20(34)11-19(12-21(31)35)28-29-23(13-32(2,3)15-25(29)38)37(6)24-14-33(4,5)16-26(39)30(24)28/h7-12,28H,13-17H2,1-6H3,(H,36,40). The Morgan fingerprint density at radius 3 is 1.95 bits per heavy atom. The SMILES string of the molecule is Cc1ccccc1NC(=O)COc1c(Br)cc(C2C3=C(CC(C)(C)CC3=O)N(C)C3=C2C(=O)CC(C)(C)C3)cc1Br. The van der Waals surface area contributed by atoms with Gasteiger partial charge in [-0.05, 0) is 91.8 Å². The van der Waals surface area contributed by atoms with Crippen LogP contribution >= 0.6 is 31.9 Å². The molecule has 1 N–H and O–H groups in total. The van der Waals surface area contributed by atoms with Crippen LogP contribution in [-0.2, 0) is 14.4 Å². The van der Waals surface area contributed by atoms with E-state index in [0.29, 0.717) is 27.5 Å². The van der Waals surface area contributed by atoms with Crippen molar-refractivity contribution >= 4 is 55.0 Å². The largest absolute Gasteiger partial charge is 0.481 e. The number of nitrogens with one attached hydrogen (secondary N) is 1. The summed E-state index contributed by atoms with van der Waals surface area (Å²) in [6.07, 6.45) is 2.42. The van der Waals surface area contributed by atoms with E-state index >= 15 is 0 Å². The molecule has 1 aliphatic heterocycles. The highest BCUT2D eigenvalue weighted by Crippen LogP contribution is 2.54. The Balaban J connectivity index is 1.51. The average molecular weight is 684 g/mol. The van der Waals surface area contributed by atoms with Gasteiger partial charge in [-0.25, -0.2) is 0 Å². The Kier molecular flexibility index (Phi) is 7.88. The van der Waals surface area contributed by atoms with Gasteiger partial charge in [0.1, 0.15) is 5.75 Å². The van der Waals surface area contributed by atoms with Gasteiger partial charge in [0.15, 0.2) is 18.2 Å². The van der Waals surface area contributed by atoms with Gasteiger partial charge in [0, 0.05) is 54.0 Å². The number of ether oxygens (including phenoxy) is 1. The number of benzene rings is 2. The van der Waals surface area contributed by atoms with E-state index in [1.165, 1.54) is 0 Å². The van der Waals surface area contributed by atoms with Gasteiger partial charge in [-0.3, -0.25) is 14.4 Å². The second kappa shape index (κ2) is 10.8. The molecule has 216 valence electrons. The fraction of sp³-hybridized carbons (Fsp3) is 0.424. The molecule has 2 aromatic carbocycles. The Labute approximate surface area is 258 Å². The maximum absolute atomic E-state index is 13.8. The van der Waals surface area contributed by atoms with Gasteiger partial charge >= 0.3 is 0 Å². The maximum atomic E-state index is 13.8. The van der Waals surface area contributed by atoms with Crippen molar-refractivity contribution in [2.75, 3.05) is 19.0 Å². The molecule has 0 atom stereocenters. The van der Waals surface area contributed by atoms with E-state index in [4.69, 9.17) is 4.74 Å². The Bertz CT molecular complexity index is 1460. The highest BCUT2D eigenvalue weighted by atomic mass is 79.9. The third-order valence-electron chi connectivity index (χ3n) is 8.30. The first-order chi connectivity index (χ1) is 19.2. The van der Waals surface area contributed by atoms with Crippen molar-refractivity contribution in [2.45, 2.75) is 66.2 Å². The molecule has 0 spiro atoms. The zero-order valence-corrected chi connectivity index (χ0v) is 27.6. The number of hydrogen-bond acceptors (Lipinski definition) is 5. The predicted molar refractivity (Wildman–Crippen MR) is 168 cm³/mol. The van der Waals surface area contributed by atoms with Gasteiger partial charge in [0.05, 0.1) is 8.95 Å². The second-order valence-corrected chi connectivity index (χ2v) is 14.8. The van der Waals surface area contributed by atoms with E-state index in [1.807, 2.05) is 50.4 Å². The van der Waals surface area contributed by atoms with Gasteiger partial charge in [-0.1, -0.05) is 45.9 Å². The van der Waals surface area contributed by atoms with Crippen LogP contribution in [0, 0.1) is 17.8 Å². The maximum Gasteiger partial charge on any atom is 0.262 e. The molecule has 2 aromatic rings. The second-order valence-electron chi connectivity index (χ2n) is 13.1. The molecule has 0 unspecified atom stereocenters. The summed E-state index contributed by atoms with van der Waals surface area (Å²) in [5, 5.41) is 2.89. The fourth-order valence-corrected chi connectivity index (χ4v) is 7.87. The molecule has 0 aromatic heterocycles. The minimum atomic E-state index is -0.450. The molecule has 0 fully saturated rings. The molecule has 0 radical (unpaired) electrons. The average Bonchev–Trinajstić information content (AvgIpc) is 2.85. The summed E-state index contributed by atoms with van der Waals surface area (Å²) < 4.78 is 7.22. The topological polar surface area (TPSA) is 75.7 Å². The number of allylic oxidation sites excluding steroid dienone is 4. The van der Waals surface area contributed by atoms with Crippen LogP contribution in [0.2, 0.25) is 0 Å². The van der Waals surface area contributed by atoms with Crippen LogP contribution in [0.25, 0.3) is 0 Å². The number of anilines is 1. The molecule has 6 nitrogen and oxygen atoms in total. The Morgan fingerprint density at radius 2 is 1.44 bits per heavy atom. The lowest BCUT2D eigenvalue weighted by atomic mass is 9.64. The van der Waals surface area contributed by atoms with Gasteiger partial charge in [-0.15, -0.1) is 0 Å². The van der Waals surface area contributed by atoms with Crippen molar-refractivity contribution in [3.63, 3.8) is 0 Å². The van der Waals surface area contributed by atoms with Crippen LogP contribution in [0.15, 0.2) is 67.9 Å². The van der Waals surface area contributed by atoms with E-state index in [-0.39, 0.29) is 34.9 Å². The molecule has 0 bridgehead atoms. The summed E-state index contributed by atoms with van der Waals surface area (Å²) in [5.74, 6) is -0.0463. The molecule has 1 heterocycles. The van der Waals surface area contributed by atoms with Crippen molar-refractivity contribution in [3.05, 3.63) is 79.0 Å². The summed E-state index contributed by atoms with van der Waals surface area (Å²) in [6, 6.07) is 11.4. The summed E-state index contributed by atoms with van der Waals surface area (Å²) in [7, 11) is 2.01. The number of ketones is 2. The third-order valence-corrected chi connectivity index (χ3v) is 9.48. The molecular weight excluding hydrogens is 648 g/mol. The Hall–Kier alpha value is -2.71. The highest BCUT2D eigenvalue weighted by Gasteiger charge is 2.48. The smallest absolute Gasteiger partial charge is 0.262 e.